The molecule has 0 radical (unpaired) electrons. The van der Waals surface area contributed by atoms with E-state index >= 15 is 0 Å². The maximum atomic E-state index is 11.1. The first-order valence-electron chi connectivity index (χ1n) is 22.3. The predicted molar refractivity (Wildman–Crippen MR) is 228 cm³/mol. The quantitative estimate of drug-likeness (QED) is 0.0166. The minimum atomic E-state index is -1.44. The van der Waals surface area contributed by atoms with E-state index in [4.69, 9.17) is 21.2 Å². The minimum absolute atomic E-state index is 0.169. The number of aliphatic hydroxyl groups is 5. The molecule has 0 aliphatic carbocycles. The Morgan fingerprint density at radius 2 is 1.25 bits per heavy atom. The van der Waals surface area contributed by atoms with Crippen LogP contribution in [0.3, 0.4) is 0 Å². The summed E-state index contributed by atoms with van der Waals surface area (Å²) < 4.78 is 10.7. The second kappa shape index (κ2) is 33.1. The molecule has 55 heavy (non-hydrogen) atoms. The second-order valence-electron chi connectivity index (χ2n) is 16.9. The summed E-state index contributed by atoms with van der Waals surface area (Å²) in [6, 6.07) is -0.419. The molecule has 6 atom stereocenters. The van der Waals surface area contributed by atoms with E-state index in [-0.39, 0.29) is 16.6 Å². The molecular weight excluding hydrogens is 721 g/mol. The van der Waals surface area contributed by atoms with Crippen molar-refractivity contribution in [3.05, 3.63) is 0 Å². The van der Waals surface area contributed by atoms with Gasteiger partial charge in [-0.3, -0.25) is 10.4 Å². The summed E-state index contributed by atoms with van der Waals surface area (Å²) in [5, 5.41) is 49.8. The van der Waals surface area contributed by atoms with Crippen LogP contribution in [0.25, 0.3) is 0 Å². The van der Waals surface area contributed by atoms with Crippen LogP contribution in [0, 0.1) is 5.92 Å². The number of nitrogens with two attached hydrogens (primary N) is 2. The van der Waals surface area contributed by atoms with Gasteiger partial charge in [0.25, 0.3) is 0 Å². The summed E-state index contributed by atoms with van der Waals surface area (Å²) >= 11 is 0. The molecular formula is C42H88N4O8S. The van der Waals surface area contributed by atoms with Crippen molar-refractivity contribution in [1.29, 1.82) is 0 Å². The molecule has 0 aromatic heterocycles. The van der Waals surface area contributed by atoms with Crippen LogP contribution >= 0.6 is 10.0 Å². The smallest absolute Gasteiger partial charge is 0.345 e. The Labute approximate surface area is 337 Å². The summed E-state index contributed by atoms with van der Waals surface area (Å²) in [5.74, 6) is 14.6. The van der Waals surface area contributed by atoms with E-state index in [0.717, 1.165) is 43.0 Å². The number of carbonyl (C=O) groups is 1. The summed E-state index contributed by atoms with van der Waals surface area (Å²) in [6.07, 6.45) is 30.8. The maximum absolute atomic E-state index is 11.1. The molecule has 2 fully saturated rings. The zero-order chi connectivity index (χ0) is 40.7. The number of nitrogens with one attached hydrogen (secondary N) is 1. The number of nitrogens with zero attached hydrogens (tertiary/aromatic N) is 1. The molecule has 0 spiro atoms. The Hall–Kier alpha value is -0.740. The summed E-state index contributed by atoms with van der Waals surface area (Å²) in [7, 11) is -0.217. The molecule has 12 nitrogen and oxygen atoms in total. The zero-order valence-corrected chi connectivity index (χ0v) is 36.2. The molecule has 0 saturated carbocycles. The maximum Gasteiger partial charge on any atom is 0.345 e. The first-order chi connectivity index (χ1) is 26.4. The van der Waals surface area contributed by atoms with Gasteiger partial charge in [0.05, 0.1) is 19.3 Å². The Balaban J connectivity index is 0.000000568. The Bertz CT molecular complexity index is 898. The van der Waals surface area contributed by atoms with Crippen LogP contribution in [0.1, 0.15) is 174 Å². The molecule has 10 N–H and O–H groups in total. The van der Waals surface area contributed by atoms with Crippen molar-refractivity contribution >= 4 is 16.1 Å². The van der Waals surface area contributed by atoms with Gasteiger partial charge in [0.1, 0.15) is 24.4 Å². The summed E-state index contributed by atoms with van der Waals surface area (Å²) in [6.45, 7) is 2.51. The molecule has 6 unspecified atom stereocenters. The predicted octanol–water partition coefficient (Wildman–Crippen LogP) is 6.77. The fraction of sp³-hybridized carbons (Fsp3) is 0.976. The van der Waals surface area contributed by atoms with Crippen molar-refractivity contribution in [1.82, 2.24) is 10.4 Å². The molecule has 2 rings (SSSR count). The van der Waals surface area contributed by atoms with Gasteiger partial charge >= 0.3 is 6.03 Å². The lowest BCUT2D eigenvalue weighted by Gasteiger charge is -2.39. The van der Waals surface area contributed by atoms with Gasteiger partial charge in [-0.2, -0.15) is 0 Å². The van der Waals surface area contributed by atoms with Crippen LogP contribution < -0.4 is 17.1 Å². The number of hydrogen-bond acceptors (Lipinski definition) is 10. The van der Waals surface area contributed by atoms with E-state index in [1.807, 2.05) is 5.43 Å². The third-order valence-electron chi connectivity index (χ3n) is 11.5. The lowest BCUT2D eigenvalue weighted by molar-refractivity contribution is -0.301. The number of hydrogen-bond donors (Lipinski definition) is 8. The zero-order valence-electron chi connectivity index (χ0n) is 35.4. The van der Waals surface area contributed by atoms with Crippen LogP contribution in [0.2, 0.25) is 0 Å². The number of aliphatic hydroxyl groups excluding tert-OH is 5. The second-order valence-corrected chi connectivity index (χ2v) is 21.3. The number of amides is 2. The summed E-state index contributed by atoms with van der Waals surface area (Å²) in [4.78, 5) is 11.1. The molecule has 2 aliphatic heterocycles. The van der Waals surface area contributed by atoms with Gasteiger partial charge in [0.15, 0.2) is 6.29 Å². The molecule has 2 saturated heterocycles. The van der Waals surface area contributed by atoms with Crippen molar-refractivity contribution in [2.24, 2.45) is 17.6 Å². The van der Waals surface area contributed by atoms with Crippen LogP contribution in [0.5, 0.6) is 0 Å². The Morgan fingerprint density at radius 1 is 0.764 bits per heavy atom. The Kier molecular flexibility index (Phi) is 31.5. The number of hydrazine groups is 2. The first kappa shape index (κ1) is 52.3. The highest BCUT2D eigenvalue weighted by Gasteiger charge is 2.44. The molecule has 0 aromatic carbocycles. The summed E-state index contributed by atoms with van der Waals surface area (Å²) in [5.41, 5.74) is 2.04. The number of rotatable bonds is 30. The molecule has 0 aromatic rings. The molecule has 2 aliphatic rings. The van der Waals surface area contributed by atoms with Gasteiger partial charge in [-0.15, -0.1) is 0 Å². The van der Waals surface area contributed by atoms with Crippen LogP contribution in [-0.2, 0) is 9.47 Å². The van der Waals surface area contributed by atoms with Crippen LogP contribution in [-0.4, -0.2) is 117 Å². The Morgan fingerprint density at radius 3 is 1.76 bits per heavy atom. The largest absolute Gasteiger partial charge is 0.394 e. The topological polar surface area (TPSA) is 204 Å². The standard InChI is InChI=1S/C24H48O7.C18H40N4OS/c1-2-3-4-5-6-7-8-9-10-11-12-13-14-15-19(26)16-17-30-24-23(29)22(28)21(27)20(18-25)31-24;1-24(2)15-12-17(13-16-24)11-9-7-5-3-4-6-8-10-14-22(20)18(23)21-19/h19-29H,2-18H2,1H3;17H,3-16,19-20H2,1-2H3,(H,21,23). The van der Waals surface area contributed by atoms with Crippen molar-refractivity contribution in [3.63, 3.8) is 0 Å². The van der Waals surface area contributed by atoms with Crippen LogP contribution in [0.15, 0.2) is 0 Å². The van der Waals surface area contributed by atoms with Crippen molar-refractivity contribution in [2.75, 3.05) is 43.8 Å². The van der Waals surface area contributed by atoms with Gasteiger partial charge in [-0.1, -0.05) is 142 Å². The van der Waals surface area contributed by atoms with Crippen molar-refractivity contribution in [2.45, 2.75) is 211 Å². The highest BCUT2D eigenvalue weighted by Crippen LogP contribution is 2.47. The molecule has 0 bridgehead atoms. The van der Waals surface area contributed by atoms with Crippen molar-refractivity contribution in [3.8, 4) is 0 Å². The fourth-order valence-electron chi connectivity index (χ4n) is 7.53. The minimum Gasteiger partial charge on any atom is -0.394 e. The van der Waals surface area contributed by atoms with Gasteiger partial charge in [-0.05, 0) is 62.0 Å². The highest BCUT2D eigenvalue weighted by molar-refractivity contribution is 8.32. The van der Waals surface area contributed by atoms with E-state index in [9.17, 15) is 30.3 Å². The van der Waals surface area contributed by atoms with Gasteiger partial charge in [-0.25, -0.2) is 26.5 Å². The molecule has 330 valence electrons. The lowest BCUT2D eigenvalue weighted by Crippen LogP contribution is -2.59. The van der Waals surface area contributed by atoms with E-state index in [1.165, 1.54) is 140 Å². The van der Waals surface area contributed by atoms with Gasteiger partial charge in [0, 0.05) is 6.54 Å². The number of ether oxygens (including phenoxy) is 2. The van der Waals surface area contributed by atoms with E-state index in [0.29, 0.717) is 13.0 Å². The third kappa shape index (κ3) is 26.1. The van der Waals surface area contributed by atoms with E-state index in [2.05, 4.69) is 19.4 Å². The first-order valence-corrected chi connectivity index (χ1v) is 25.1. The monoisotopic (exact) mass is 809 g/mol. The average Bonchev–Trinajstić information content (AvgIpc) is 3.17. The average molecular weight is 809 g/mol. The third-order valence-corrected chi connectivity index (χ3v) is 14.2. The van der Waals surface area contributed by atoms with Crippen LogP contribution in [0.4, 0.5) is 4.79 Å². The molecule has 2 heterocycles. The number of unbranched alkanes of at least 4 members (excludes halogenated alkanes) is 19. The number of carbonyl (C=O) groups excluding carboxylic acids is 1. The molecule has 13 heteroatoms. The molecule has 2 amide bonds. The van der Waals surface area contributed by atoms with E-state index in [1.54, 1.807) is 0 Å². The normalized spacial score (nSPS) is 23.8. The highest BCUT2D eigenvalue weighted by atomic mass is 32.3. The van der Waals surface area contributed by atoms with Gasteiger partial charge < -0.3 is 35.0 Å². The fourth-order valence-corrected chi connectivity index (χ4v) is 9.68. The number of urea groups is 1. The lowest BCUT2D eigenvalue weighted by atomic mass is 9.95. The van der Waals surface area contributed by atoms with E-state index < -0.39 is 49.4 Å². The SMILES string of the molecule is CCCCCCCCCCCCCCCC(O)CCOC1OC(CO)C(O)C(O)C1O.CS1(C)CCC(CCCCCCCCCCN(N)C(=O)NN)CC1. The van der Waals surface area contributed by atoms with Gasteiger partial charge in [0.2, 0.25) is 0 Å². The van der Waals surface area contributed by atoms with Crippen molar-refractivity contribution < 1.29 is 39.8 Å².